The Morgan fingerprint density at radius 2 is 1.56 bits per heavy atom. The van der Waals surface area contributed by atoms with Gasteiger partial charge in [-0.3, -0.25) is 9.59 Å². The van der Waals surface area contributed by atoms with Gasteiger partial charge in [-0.2, -0.15) is 5.10 Å². The predicted octanol–water partition coefficient (Wildman–Crippen LogP) is 4.53. The first-order chi connectivity index (χ1) is 17.4. The fraction of sp³-hybridized carbons (Fsp3) is 0.0690. The van der Waals surface area contributed by atoms with E-state index in [0.29, 0.717) is 11.1 Å². The van der Waals surface area contributed by atoms with Gasteiger partial charge in [0.2, 0.25) is 0 Å². The first kappa shape index (κ1) is 24.2. The van der Waals surface area contributed by atoms with Crippen molar-refractivity contribution in [3.05, 3.63) is 113 Å². The Balaban J connectivity index is 1.59. The van der Waals surface area contributed by atoms with Crippen LogP contribution in [0.1, 0.15) is 21.5 Å². The zero-order valence-electron chi connectivity index (χ0n) is 20.0. The molecule has 0 saturated heterocycles. The second-order valence-electron chi connectivity index (χ2n) is 8.28. The summed E-state index contributed by atoms with van der Waals surface area (Å²) in [6, 6.07) is 27.1. The predicted molar refractivity (Wildman–Crippen MR) is 144 cm³/mol. The van der Waals surface area contributed by atoms with Crippen molar-refractivity contribution in [2.45, 2.75) is 0 Å². The number of nitrogens with one attached hydrogen (secondary N) is 2. The molecule has 0 fully saturated rings. The van der Waals surface area contributed by atoms with Gasteiger partial charge < -0.3 is 15.3 Å². The maximum atomic E-state index is 13.0. The summed E-state index contributed by atoms with van der Waals surface area (Å²) in [5, 5.41) is 18.8. The summed E-state index contributed by atoms with van der Waals surface area (Å²) in [6.45, 7) is 0. The molecule has 2 amide bonds. The van der Waals surface area contributed by atoms with Crippen LogP contribution in [0.3, 0.4) is 0 Å². The number of anilines is 1. The first-order valence-electron chi connectivity index (χ1n) is 11.3. The Morgan fingerprint density at radius 1 is 0.861 bits per heavy atom. The van der Waals surface area contributed by atoms with Crippen molar-refractivity contribution in [2.75, 3.05) is 19.0 Å². The second kappa shape index (κ2) is 11.0. The van der Waals surface area contributed by atoms with Gasteiger partial charge in [0.15, 0.2) is 0 Å². The molecule has 0 atom stereocenters. The molecule has 0 unspecified atom stereocenters. The van der Waals surface area contributed by atoms with Gasteiger partial charge in [0.25, 0.3) is 11.8 Å². The van der Waals surface area contributed by atoms with Gasteiger partial charge in [-0.15, -0.1) is 0 Å². The molecule has 0 spiro atoms. The van der Waals surface area contributed by atoms with Crippen molar-refractivity contribution in [1.29, 1.82) is 0 Å². The van der Waals surface area contributed by atoms with Crippen LogP contribution in [0.4, 0.5) is 5.69 Å². The van der Waals surface area contributed by atoms with Crippen molar-refractivity contribution in [1.82, 2.24) is 10.7 Å². The number of carbonyl (C=O) groups is 2. The van der Waals surface area contributed by atoms with Crippen LogP contribution in [0, 0.1) is 0 Å². The average Bonchev–Trinajstić information content (AvgIpc) is 2.90. The van der Waals surface area contributed by atoms with Gasteiger partial charge in [-0.05, 0) is 52.7 Å². The van der Waals surface area contributed by atoms with Gasteiger partial charge >= 0.3 is 0 Å². The Hall–Kier alpha value is -4.91. The van der Waals surface area contributed by atoms with Crippen molar-refractivity contribution < 1.29 is 14.7 Å². The van der Waals surface area contributed by atoms with Gasteiger partial charge in [-0.25, -0.2) is 5.43 Å². The van der Waals surface area contributed by atoms with E-state index in [1.165, 1.54) is 6.21 Å². The number of rotatable bonds is 7. The van der Waals surface area contributed by atoms with E-state index in [2.05, 4.69) is 15.8 Å². The highest BCUT2D eigenvalue weighted by atomic mass is 16.3. The fourth-order valence-corrected chi connectivity index (χ4v) is 3.61. The van der Waals surface area contributed by atoms with Crippen molar-refractivity contribution in [2.24, 2.45) is 5.10 Å². The smallest absolute Gasteiger partial charge is 0.287 e. The number of hydrogen-bond acceptors (Lipinski definition) is 5. The largest absolute Gasteiger partial charge is 0.507 e. The van der Waals surface area contributed by atoms with E-state index in [1.54, 1.807) is 36.4 Å². The van der Waals surface area contributed by atoms with Crippen LogP contribution >= 0.6 is 0 Å². The van der Waals surface area contributed by atoms with Crippen molar-refractivity contribution in [3.8, 4) is 5.75 Å². The van der Waals surface area contributed by atoms with Gasteiger partial charge in [-0.1, -0.05) is 60.7 Å². The van der Waals surface area contributed by atoms with E-state index in [0.717, 1.165) is 22.0 Å². The molecule has 36 heavy (non-hydrogen) atoms. The van der Waals surface area contributed by atoms with Gasteiger partial charge in [0.05, 0.1) is 6.21 Å². The van der Waals surface area contributed by atoms with Gasteiger partial charge in [0.1, 0.15) is 11.4 Å². The monoisotopic (exact) mass is 478 g/mol. The van der Waals surface area contributed by atoms with E-state index in [1.807, 2.05) is 79.7 Å². The summed E-state index contributed by atoms with van der Waals surface area (Å²) in [4.78, 5) is 27.8. The number of benzene rings is 4. The highest BCUT2D eigenvalue weighted by Gasteiger charge is 2.14. The molecule has 4 aromatic rings. The third kappa shape index (κ3) is 5.77. The number of phenolic OH excluding ortho intramolecular Hbond substituents is 1. The molecule has 0 aliphatic carbocycles. The van der Waals surface area contributed by atoms with Crippen molar-refractivity contribution in [3.63, 3.8) is 0 Å². The van der Waals surface area contributed by atoms with Crippen LogP contribution in [0.5, 0.6) is 5.75 Å². The van der Waals surface area contributed by atoms with E-state index in [4.69, 9.17) is 0 Å². The fourth-order valence-electron chi connectivity index (χ4n) is 3.61. The molecule has 0 aliphatic rings. The number of hydrogen-bond donors (Lipinski definition) is 3. The molecule has 180 valence electrons. The van der Waals surface area contributed by atoms with Crippen LogP contribution in [0.2, 0.25) is 0 Å². The van der Waals surface area contributed by atoms with Crippen LogP contribution in [-0.2, 0) is 4.79 Å². The van der Waals surface area contributed by atoms with E-state index in [-0.39, 0.29) is 11.4 Å². The summed E-state index contributed by atoms with van der Waals surface area (Å²) >= 11 is 0. The zero-order valence-corrected chi connectivity index (χ0v) is 20.0. The molecule has 7 heteroatoms. The summed E-state index contributed by atoms with van der Waals surface area (Å²) in [5.74, 6) is -0.981. The van der Waals surface area contributed by atoms with Crippen LogP contribution in [0.25, 0.3) is 16.8 Å². The minimum absolute atomic E-state index is 0.0285. The summed E-state index contributed by atoms with van der Waals surface area (Å²) in [6.07, 6.45) is 2.97. The maximum Gasteiger partial charge on any atom is 0.287 e. The minimum Gasteiger partial charge on any atom is -0.507 e. The lowest BCUT2D eigenvalue weighted by Gasteiger charge is -2.13. The molecule has 4 rings (SSSR count). The molecular formula is C29H26N4O3. The van der Waals surface area contributed by atoms with Gasteiger partial charge in [0, 0.05) is 30.9 Å². The average molecular weight is 479 g/mol. The first-order valence-corrected chi connectivity index (χ1v) is 11.3. The third-order valence-electron chi connectivity index (χ3n) is 5.56. The Bertz CT molecular complexity index is 1440. The molecule has 4 aromatic carbocycles. The molecule has 0 aromatic heterocycles. The topological polar surface area (TPSA) is 94.0 Å². The molecule has 7 nitrogen and oxygen atoms in total. The maximum absolute atomic E-state index is 13.0. The molecule has 0 radical (unpaired) electrons. The molecule has 3 N–H and O–H groups in total. The van der Waals surface area contributed by atoms with E-state index < -0.39 is 11.8 Å². The Morgan fingerprint density at radius 3 is 2.28 bits per heavy atom. The molecule has 0 bridgehead atoms. The summed E-state index contributed by atoms with van der Waals surface area (Å²) in [5.41, 5.74) is 5.12. The third-order valence-corrected chi connectivity index (χ3v) is 5.56. The number of aromatic hydroxyl groups is 1. The molecular weight excluding hydrogens is 452 g/mol. The molecule has 0 heterocycles. The van der Waals surface area contributed by atoms with E-state index in [9.17, 15) is 14.7 Å². The Kier molecular flexibility index (Phi) is 7.41. The van der Waals surface area contributed by atoms with Crippen LogP contribution < -0.4 is 15.6 Å². The normalized spacial score (nSPS) is 11.4. The van der Waals surface area contributed by atoms with Crippen LogP contribution in [-0.4, -0.2) is 37.2 Å². The Labute approximate surface area is 209 Å². The highest BCUT2D eigenvalue weighted by molar-refractivity contribution is 6.06. The molecule has 0 saturated carbocycles. The lowest BCUT2D eigenvalue weighted by Crippen LogP contribution is -2.32. The summed E-state index contributed by atoms with van der Waals surface area (Å²) < 4.78 is 0. The number of phenols is 1. The lowest BCUT2D eigenvalue weighted by atomic mass is 10.0. The highest BCUT2D eigenvalue weighted by Crippen LogP contribution is 2.25. The van der Waals surface area contributed by atoms with Crippen LogP contribution in [0.15, 0.2) is 102 Å². The number of hydrazone groups is 1. The number of carbonyl (C=O) groups excluding carboxylic acids is 2. The standard InChI is InChI=1S/C29H26N4O3/c1-33(2)23-15-12-20(13-16-23)18-26(31-28(35)22-9-4-3-5-10-22)29(36)32-30-19-25-24-11-7-6-8-21(24)14-17-27(25)34/h3-19,34H,1-2H3,(H,31,35)(H,32,36)/b26-18+,30-19+. The quantitative estimate of drug-likeness (QED) is 0.207. The zero-order chi connectivity index (χ0) is 25.5. The second-order valence-corrected chi connectivity index (χ2v) is 8.28. The number of nitrogens with zero attached hydrogens (tertiary/aromatic N) is 2. The summed E-state index contributed by atoms with van der Waals surface area (Å²) in [7, 11) is 3.88. The lowest BCUT2D eigenvalue weighted by molar-refractivity contribution is -0.117. The minimum atomic E-state index is -0.605. The molecule has 0 aliphatic heterocycles. The SMILES string of the molecule is CN(C)c1ccc(/C=C(/NC(=O)c2ccccc2)C(=O)N/N=C/c2c(O)ccc3ccccc23)cc1. The van der Waals surface area contributed by atoms with Crippen molar-refractivity contribution >= 4 is 40.6 Å². The van der Waals surface area contributed by atoms with E-state index >= 15 is 0 Å². The number of fused-ring (bicyclic) bond motifs is 1. The number of amides is 2.